The summed E-state index contributed by atoms with van der Waals surface area (Å²) in [6.07, 6.45) is 3.15. The lowest BCUT2D eigenvalue weighted by molar-refractivity contribution is 0.0707. The molecular weight excluding hydrogens is 416 g/mol. The van der Waals surface area contributed by atoms with E-state index in [4.69, 9.17) is 4.74 Å². The lowest BCUT2D eigenvalue weighted by Gasteiger charge is -2.32. The largest absolute Gasteiger partial charge is 0.496 e. The minimum absolute atomic E-state index is 0.0148. The van der Waals surface area contributed by atoms with E-state index in [-0.39, 0.29) is 17.7 Å². The van der Waals surface area contributed by atoms with Gasteiger partial charge in [0.15, 0.2) is 0 Å². The average Bonchev–Trinajstić information content (AvgIpc) is 2.84. The lowest BCUT2D eigenvalue weighted by Crippen LogP contribution is -2.38. The maximum Gasteiger partial charge on any atom is 0.259 e. The van der Waals surface area contributed by atoms with Crippen LogP contribution >= 0.6 is 0 Å². The molecule has 33 heavy (non-hydrogen) atoms. The standard InChI is InChI=1S/C26H28N4O3/c1-17-8-7-11-21(23(17)33-3)26(32)30-14-12-19(13-15-30)24-27-16-22(18(2)28-24)25(31)29-20-9-5-4-6-10-20/h4-11,16,19H,12-15H2,1-3H3,(H,29,31). The summed E-state index contributed by atoms with van der Waals surface area (Å²) in [5.74, 6) is 1.27. The highest BCUT2D eigenvalue weighted by atomic mass is 16.5. The predicted octanol–water partition coefficient (Wildman–Crippen LogP) is 4.37. The first-order valence-corrected chi connectivity index (χ1v) is 11.1. The quantitative estimate of drug-likeness (QED) is 0.632. The molecular formula is C26H28N4O3. The molecule has 7 heteroatoms. The number of carbonyl (C=O) groups is 2. The highest BCUT2D eigenvalue weighted by Crippen LogP contribution is 2.29. The van der Waals surface area contributed by atoms with Crippen molar-refractivity contribution in [3.63, 3.8) is 0 Å². The van der Waals surface area contributed by atoms with Crippen LogP contribution in [0.4, 0.5) is 5.69 Å². The molecule has 0 unspecified atom stereocenters. The van der Waals surface area contributed by atoms with Gasteiger partial charge in [-0.15, -0.1) is 0 Å². The van der Waals surface area contributed by atoms with Gasteiger partial charge in [-0.05, 0) is 50.5 Å². The molecule has 0 atom stereocenters. The van der Waals surface area contributed by atoms with E-state index in [9.17, 15) is 9.59 Å². The third-order valence-electron chi connectivity index (χ3n) is 6.07. The van der Waals surface area contributed by atoms with Crippen LogP contribution in [0.3, 0.4) is 0 Å². The van der Waals surface area contributed by atoms with Crippen LogP contribution in [0.2, 0.25) is 0 Å². The van der Waals surface area contributed by atoms with Crippen LogP contribution in [-0.2, 0) is 0 Å². The molecule has 2 heterocycles. The Kier molecular flexibility index (Phi) is 6.68. The van der Waals surface area contributed by atoms with E-state index >= 15 is 0 Å². The maximum absolute atomic E-state index is 13.1. The molecule has 1 aromatic heterocycles. The molecule has 3 aromatic rings. The molecule has 2 aromatic carbocycles. The van der Waals surface area contributed by atoms with Crippen LogP contribution in [0.5, 0.6) is 5.75 Å². The maximum atomic E-state index is 13.1. The number of benzene rings is 2. The molecule has 0 radical (unpaired) electrons. The van der Waals surface area contributed by atoms with Crippen molar-refractivity contribution in [2.24, 2.45) is 0 Å². The summed E-state index contributed by atoms with van der Waals surface area (Å²) >= 11 is 0. The normalized spacial score (nSPS) is 14.1. The Morgan fingerprint density at radius 1 is 1.00 bits per heavy atom. The van der Waals surface area contributed by atoms with E-state index in [1.165, 1.54) is 0 Å². The van der Waals surface area contributed by atoms with Gasteiger partial charge in [0.2, 0.25) is 0 Å². The Hall–Kier alpha value is -3.74. The van der Waals surface area contributed by atoms with E-state index in [0.717, 1.165) is 29.9 Å². The molecule has 1 aliphatic rings. The zero-order valence-electron chi connectivity index (χ0n) is 19.2. The number of rotatable bonds is 5. The number of hydrogen-bond donors (Lipinski definition) is 1. The zero-order chi connectivity index (χ0) is 23.4. The number of aromatic nitrogens is 2. The smallest absolute Gasteiger partial charge is 0.259 e. The fourth-order valence-corrected chi connectivity index (χ4v) is 4.23. The number of likely N-dealkylation sites (tertiary alicyclic amines) is 1. The first-order valence-electron chi connectivity index (χ1n) is 11.1. The molecule has 170 valence electrons. The van der Waals surface area contributed by atoms with Crippen LogP contribution < -0.4 is 10.1 Å². The third kappa shape index (κ3) is 4.87. The number of amides is 2. The second kappa shape index (κ2) is 9.81. The van der Waals surface area contributed by atoms with Gasteiger partial charge in [-0.25, -0.2) is 9.97 Å². The summed E-state index contributed by atoms with van der Waals surface area (Å²) in [6.45, 7) is 5.01. The Labute approximate surface area is 193 Å². The van der Waals surface area contributed by atoms with Crippen molar-refractivity contribution in [1.29, 1.82) is 0 Å². The second-order valence-electron chi connectivity index (χ2n) is 8.27. The summed E-state index contributed by atoms with van der Waals surface area (Å²) in [5.41, 5.74) is 3.38. The second-order valence-corrected chi connectivity index (χ2v) is 8.27. The first kappa shape index (κ1) is 22.5. The minimum Gasteiger partial charge on any atom is -0.496 e. The zero-order valence-corrected chi connectivity index (χ0v) is 19.2. The Bertz CT molecular complexity index is 1160. The van der Waals surface area contributed by atoms with E-state index in [0.29, 0.717) is 35.7 Å². The molecule has 0 saturated carbocycles. The number of methoxy groups -OCH3 is 1. The van der Waals surface area contributed by atoms with E-state index in [1.54, 1.807) is 13.3 Å². The molecule has 1 saturated heterocycles. The van der Waals surface area contributed by atoms with Crippen molar-refractivity contribution in [2.75, 3.05) is 25.5 Å². The summed E-state index contributed by atoms with van der Waals surface area (Å²) < 4.78 is 5.46. The van der Waals surface area contributed by atoms with Gasteiger partial charge in [-0.2, -0.15) is 0 Å². The summed E-state index contributed by atoms with van der Waals surface area (Å²) in [4.78, 5) is 36.7. The van der Waals surface area contributed by atoms with Gasteiger partial charge in [0.1, 0.15) is 11.6 Å². The SMILES string of the molecule is COc1c(C)cccc1C(=O)N1CCC(c2ncc(C(=O)Nc3ccccc3)c(C)n2)CC1. The number of ether oxygens (including phenoxy) is 1. The Morgan fingerprint density at radius 2 is 1.73 bits per heavy atom. The topological polar surface area (TPSA) is 84.4 Å². The number of hydrogen-bond acceptors (Lipinski definition) is 5. The summed E-state index contributed by atoms with van der Waals surface area (Å²) in [6, 6.07) is 14.9. The van der Waals surface area contributed by atoms with Crippen molar-refractivity contribution in [1.82, 2.24) is 14.9 Å². The highest BCUT2D eigenvalue weighted by Gasteiger charge is 2.28. The summed E-state index contributed by atoms with van der Waals surface area (Å²) in [5, 5.41) is 2.87. The first-order chi connectivity index (χ1) is 16.0. The van der Waals surface area contributed by atoms with Crippen molar-refractivity contribution in [3.8, 4) is 5.75 Å². The highest BCUT2D eigenvalue weighted by molar-refractivity contribution is 6.04. The molecule has 7 nitrogen and oxygen atoms in total. The molecule has 4 rings (SSSR count). The van der Waals surface area contributed by atoms with Gasteiger partial charge < -0.3 is 15.0 Å². The van der Waals surface area contributed by atoms with Crippen LogP contribution in [0.1, 0.15) is 56.6 Å². The van der Waals surface area contributed by atoms with Crippen LogP contribution in [0.25, 0.3) is 0 Å². The summed E-state index contributed by atoms with van der Waals surface area (Å²) in [7, 11) is 1.59. The lowest BCUT2D eigenvalue weighted by atomic mass is 9.95. The third-order valence-corrected chi connectivity index (χ3v) is 6.07. The number of anilines is 1. The van der Waals surface area contributed by atoms with Gasteiger partial charge in [-0.3, -0.25) is 9.59 Å². The fourth-order valence-electron chi connectivity index (χ4n) is 4.23. The molecule has 1 N–H and O–H groups in total. The Morgan fingerprint density at radius 3 is 2.39 bits per heavy atom. The van der Waals surface area contributed by atoms with Gasteiger partial charge in [0.05, 0.1) is 23.9 Å². The van der Waals surface area contributed by atoms with Crippen LogP contribution in [-0.4, -0.2) is 46.9 Å². The molecule has 0 bridgehead atoms. The van der Waals surface area contributed by atoms with Gasteiger partial charge in [-0.1, -0.05) is 30.3 Å². The number of carbonyl (C=O) groups excluding carboxylic acids is 2. The number of nitrogens with zero attached hydrogens (tertiary/aromatic N) is 3. The number of piperidine rings is 1. The van der Waals surface area contributed by atoms with E-state index in [2.05, 4.69) is 15.3 Å². The monoisotopic (exact) mass is 444 g/mol. The van der Waals surface area contributed by atoms with Crippen molar-refractivity contribution in [2.45, 2.75) is 32.6 Å². The Balaban J connectivity index is 1.41. The van der Waals surface area contributed by atoms with Crippen molar-refractivity contribution >= 4 is 17.5 Å². The fraction of sp³-hybridized carbons (Fsp3) is 0.308. The molecule has 1 fully saturated rings. The van der Waals surface area contributed by atoms with Crippen LogP contribution in [0.15, 0.2) is 54.7 Å². The predicted molar refractivity (Wildman–Crippen MR) is 127 cm³/mol. The van der Waals surface area contributed by atoms with Crippen molar-refractivity contribution < 1.29 is 14.3 Å². The average molecular weight is 445 g/mol. The van der Waals surface area contributed by atoms with Gasteiger partial charge in [0, 0.05) is 30.9 Å². The minimum atomic E-state index is -0.224. The molecule has 2 amide bonds. The van der Waals surface area contributed by atoms with E-state index in [1.807, 2.05) is 67.3 Å². The van der Waals surface area contributed by atoms with Gasteiger partial charge >= 0.3 is 0 Å². The molecule has 0 spiro atoms. The van der Waals surface area contributed by atoms with Gasteiger partial charge in [0.25, 0.3) is 11.8 Å². The number of nitrogens with one attached hydrogen (secondary N) is 1. The van der Waals surface area contributed by atoms with E-state index < -0.39 is 0 Å². The molecule has 0 aliphatic carbocycles. The van der Waals surface area contributed by atoms with Crippen LogP contribution in [0, 0.1) is 13.8 Å². The molecule has 1 aliphatic heterocycles. The number of para-hydroxylation sites is 2. The van der Waals surface area contributed by atoms with Crippen molar-refractivity contribution in [3.05, 3.63) is 82.9 Å². The number of aryl methyl sites for hydroxylation is 2.